The summed E-state index contributed by atoms with van der Waals surface area (Å²) >= 11 is 6.02. The average molecular weight is 630 g/mol. The quantitative estimate of drug-likeness (QED) is 0.205. The first-order chi connectivity index (χ1) is 20.6. The van der Waals surface area contributed by atoms with Crippen LogP contribution in [0, 0.1) is 0 Å². The van der Waals surface area contributed by atoms with Crippen molar-refractivity contribution in [2.75, 3.05) is 31.1 Å². The number of amides is 2. The highest BCUT2D eigenvalue weighted by Gasteiger charge is 2.33. The molecule has 3 rings (SSSR count). The third kappa shape index (κ3) is 9.11. The van der Waals surface area contributed by atoms with Crippen LogP contribution in [0.2, 0.25) is 5.02 Å². The van der Waals surface area contributed by atoms with Crippen molar-refractivity contribution in [2.45, 2.75) is 57.5 Å². The number of nitrogens with zero attached hydrogens (tertiary/aromatic N) is 2. The van der Waals surface area contributed by atoms with Gasteiger partial charge in [0.25, 0.3) is 10.0 Å². The SMILES string of the molecule is CCCCNC(=O)[C@@H](CC)N(Cc1ccc(OC)cc1)C(=O)CN(c1ccc(OCC)cc1)S(=O)(=O)c1ccc(Cl)cc1. The second kappa shape index (κ2) is 16.2. The summed E-state index contributed by atoms with van der Waals surface area (Å²) in [5.74, 6) is 0.407. The molecule has 0 aliphatic heterocycles. The van der Waals surface area contributed by atoms with E-state index in [1.54, 1.807) is 43.5 Å². The molecular weight excluding hydrogens is 590 g/mol. The summed E-state index contributed by atoms with van der Waals surface area (Å²) in [6.07, 6.45) is 2.05. The Morgan fingerprint density at radius 2 is 1.53 bits per heavy atom. The van der Waals surface area contributed by atoms with Crippen LogP contribution < -0.4 is 19.1 Å². The number of halogens is 1. The summed E-state index contributed by atoms with van der Waals surface area (Å²) in [4.78, 5) is 28.9. The Morgan fingerprint density at radius 1 is 0.907 bits per heavy atom. The van der Waals surface area contributed by atoms with Crippen LogP contribution in [-0.4, -0.2) is 58.0 Å². The number of benzene rings is 3. The molecule has 0 radical (unpaired) electrons. The molecule has 3 aromatic carbocycles. The van der Waals surface area contributed by atoms with Crippen LogP contribution in [0.5, 0.6) is 11.5 Å². The lowest BCUT2D eigenvalue weighted by molar-refractivity contribution is -0.140. The van der Waals surface area contributed by atoms with E-state index in [1.165, 1.54) is 29.2 Å². The minimum atomic E-state index is -4.21. The van der Waals surface area contributed by atoms with Crippen molar-refractivity contribution in [3.05, 3.63) is 83.4 Å². The summed E-state index contributed by atoms with van der Waals surface area (Å²) in [6, 6.07) is 18.6. The molecule has 0 aliphatic carbocycles. The topological polar surface area (TPSA) is 105 Å². The third-order valence-corrected chi connectivity index (χ3v) is 8.88. The molecule has 0 heterocycles. The Hall–Kier alpha value is -3.76. The number of methoxy groups -OCH3 is 1. The summed E-state index contributed by atoms with van der Waals surface area (Å²) in [5, 5.41) is 3.31. The van der Waals surface area contributed by atoms with Gasteiger partial charge < -0.3 is 19.7 Å². The van der Waals surface area contributed by atoms with Gasteiger partial charge in [-0.3, -0.25) is 13.9 Å². The highest BCUT2D eigenvalue weighted by molar-refractivity contribution is 7.92. The van der Waals surface area contributed by atoms with Crippen molar-refractivity contribution in [3.8, 4) is 11.5 Å². The van der Waals surface area contributed by atoms with Crippen LogP contribution in [-0.2, 0) is 26.2 Å². The van der Waals surface area contributed by atoms with E-state index in [1.807, 2.05) is 32.9 Å². The van der Waals surface area contributed by atoms with E-state index in [-0.39, 0.29) is 23.0 Å². The number of sulfonamides is 1. The first-order valence-electron chi connectivity index (χ1n) is 14.4. The van der Waals surface area contributed by atoms with Gasteiger partial charge in [0.1, 0.15) is 24.1 Å². The summed E-state index contributed by atoms with van der Waals surface area (Å²) in [6.45, 7) is 6.20. The zero-order valence-electron chi connectivity index (χ0n) is 25.1. The van der Waals surface area contributed by atoms with Crippen LogP contribution in [0.1, 0.15) is 45.6 Å². The Balaban J connectivity index is 2.03. The molecule has 232 valence electrons. The van der Waals surface area contributed by atoms with Gasteiger partial charge in [0.15, 0.2) is 0 Å². The lowest BCUT2D eigenvalue weighted by Crippen LogP contribution is -2.52. The number of ether oxygens (including phenoxy) is 2. The average Bonchev–Trinajstić information content (AvgIpc) is 3.01. The fraction of sp³-hybridized carbons (Fsp3) is 0.375. The second-order valence-electron chi connectivity index (χ2n) is 9.83. The fourth-order valence-electron chi connectivity index (χ4n) is 4.49. The lowest BCUT2D eigenvalue weighted by Gasteiger charge is -2.33. The van der Waals surface area contributed by atoms with Crippen molar-refractivity contribution in [1.29, 1.82) is 0 Å². The fourth-order valence-corrected chi connectivity index (χ4v) is 6.03. The molecule has 0 bridgehead atoms. The molecule has 0 spiro atoms. The molecule has 1 N–H and O–H groups in total. The highest BCUT2D eigenvalue weighted by Crippen LogP contribution is 2.27. The highest BCUT2D eigenvalue weighted by atomic mass is 35.5. The van der Waals surface area contributed by atoms with Crippen LogP contribution >= 0.6 is 11.6 Å². The van der Waals surface area contributed by atoms with Crippen molar-refractivity contribution in [3.63, 3.8) is 0 Å². The maximum atomic E-state index is 14.2. The number of hydrogen-bond donors (Lipinski definition) is 1. The standard InChI is InChI=1S/C32H40ClN3O6S/c1-5-8-21-34-32(38)30(6-2)35(22-24-9-15-27(41-4)16-10-24)31(37)23-36(26-13-17-28(18-14-26)42-7-3)43(39,40)29-19-11-25(33)12-20-29/h9-20,30H,5-8,21-23H2,1-4H3,(H,34,38)/t30-/m1/s1. The van der Waals surface area contributed by atoms with Crippen molar-refractivity contribution < 1.29 is 27.5 Å². The van der Waals surface area contributed by atoms with Gasteiger partial charge in [-0.05, 0) is 86.0 Å². The number of carbonyl (C=O) groups excluding carboxylic acids is 2. The molecule has 0 aromatic heterocycles. The molecular formula is C32H40ClN3O6S. The van der Waals surface area contributed by atoms with Gasteiger partial charge in [0.2, 0.25) is 11.8 Å². The van der Waals surface area contributed by atoms with E-state index in [4.69, 9.17) is 21.1 Å². The molecule has 0 aliphatic rings. The predicted molar refractivity (Wildman–Crippen MR) is 169 cm³/mol. The number of carbonyl (C=O) groups is 2. The second-order valence-corrected chi connectivity index (χ2v) is 12.1. The minimum Gasteiger partial charge on any atom is -0.497 e. The molecule has 0 saturated carbocycles. The van der Waals surface area contributed by atoms with Crippen molar-refractivity contribution in [1.82, 2.24) is 10.2 Å². The number of nitrogens with one attached hydrogen (secondary N) is 1. The molecule has 1 atom stereocenters. The normalized spacial score (nSPS) is 11.8. The van der Waals surface area contributed by atoms with Gasteiger partial charge in [-0.1, -0.05) is 44.0 Å². The molecule has 2 amide bonds. The maximum Gasteiger partial charge on any atom is 0.264 e. The molecule has 43 heavy (non-hydrogen) atoms. The monoisotopic (exact) mass is 629 g/mol. The molecule has 11 heteroatoms. The zero-order chi connectivity index (χ0) is 31.4. The van der Waals surface area contributed by atoms with E-state index < -0.39 is 28.5 Å². The summed E-state index contributed by atoms with van der Waals surface area (Å²) in [7, 11) is -2.64. The van der Waals surface area contributed by atoms with E-state index in [9.17, 15) is 18.0 Å². The van der Waals surface area contributed by atoms with Crippen LogP contribution in [0.25, 0.3) is 0 Å². The Morgan fingerprint density at radius 3 is 2.09 bits per heavy atom. The van der Waals surface area contributed by atoms with Gasteiger partial charge >= 0.3 is 0 Å². The smallest absolute Gasteiger partial charge is 0.264 e. The molecule has 0 unspecified atom stereocenters. The van der Waals surface area contributed by atoms with E-state index in [0.29, 0.717) is 36.1 Å². The van der Waals surface area contributed by atoms with E-state index in [0.717, 1.165) is 22.7 Å². The molecule has 9 nitrogen and oxygen atoms in total. The first-order valence-corrected chi connectivity index (χ1v) is 16.2. The third-order valence-electron chi connectivity index (χ3n) is 6.84. The van der Waals surface area contributed by atoms with Crippen LogP contribution in [0.4, 0.5) is 5.69 Å². The lowest BCUT2D eigenvalue weighted by atomic mass is 10.1. The van der Waals surface area contributed by atoms with Crippen LogP contribution in [0.3, 0.4) is 0 Å². The summed E-state index contributed by atoms with van der Waals surface area (Å²) < 4.78 is 39.8. The Bertz CT molecular complexity index is 1430. The zero-order valence-corrected chi connectivity index (χ0v) is 26.7. The van der Waals surface area contributed by atoms with Crippen LogP contribution in [0.15, 0.2) is 77.7 Å². The largest absolute Gasteiger partial charge is 0.497 e. The van der Waals surface area contributed by atoms with Gasteiger partial charge in [-0.15, -0.1) is 0 Å². The van der Waals surface area contributed by atoms with Gasteiger partial charge in [0, 0.05) is 18.1 Å². The van der Waals surface area contributed by atoms with E-state index in [2.05, 4.69) is 5.32 Å². The van der Waals surface area contributed by atoms with Crippen molar-refractivity contribution in [2.24, 2.45) is 0 Å². The van der Waals surface area contributed by atoms with Gasteiger partial charge in [0.05, 0.1) is 24.3 Å². The summed E-state index contributed by atoms with van der Waals surface area (Å²) in [5.41, 5.74) is 1.04. The Labute approximate surface area is 259 Å². The first kappa shape index (κ1) is 33.7. The van der Waals surface area contributed by atoms with Crippen molar-refractivity contribution >= 4 is 39.1 Å². The molecule has 0 saturated heterocycles. The number of anilines is 1. The maximum absolute atomic E-state index is 14.2. The number of unbranched alkanes of at least 4 members (excludes halogenated alkanes) is 1. The number of rotatable bonds is 16. The predicted octanol–water partition coefficient (Wildman–Crippen LogP) is 5.67. The van der Waals surface area contributed by atoms with Gasteiger partial charge in [-0.25, -0.2) is 8.42 Å². The molecule has 3 aromatic rings. The van der Waals surface area contributed by atoms with E-state index >= 15 is 0 Å². The van der Waals surface area contributed by atoms with Gasteiger partial charge in [-0.2, -0.15) is 0 Å². The number of hydrogen-bond acceptors (Lipinski definition) is 6. The molecule has 0 fully saturated rings. The Kier molecular flexibility index (Phi) is 12.7. The minimum absolute atomic E-state index is 0.0235.